The SMILES string of the molecule is Cn1c(=O)c2c(ncn2CC(=O)NN=C/C=C/c2ccco2)n(C)c1=O. The number of hydrogen-bond donors (Lipinski definition) is 1. The van der Waals surface area contributed by atoms with Gasteiger partial charge in [-0.2, -0.15) is 5.10 Å². The lowest BCUT2D eigenvalue weighted by Crippen LogP contribution is -2.38. The number of hydrazone groups is 1. The third-order valence-corrected chi connectivity index (χ3v) is 3.68. The van der Waals surface area contributed by atoms with E-state index in [-0.39, 0.29) is 17.7 Å². The fourth-order valence-corrected chi connectivity index (χ4v) is 2.38. The van der Waals surface area contributed by atoms with Crippen molar-refractivity contribution < 1.29 is 9.21 Å². The van der Waals surface area contributed by atoms with E-state index in [1.54, 1.807) is 30.5 Å². The van der Waals surface area contributed by atoms with Crippen molar-refractivity contribution in [2.75, 3.05) is 0 Å². The van der Waals surface area contributed by atoms with Crippen LogP contribution in [0.25, 0.3) is 17.2 Å². The summed E-state index contributed by atoms with van der Waals surface area (Å²) < 4.78 is 8.71. The first-order valence-electron chi connectivity index (χ1n) is 7.62. The maximum absolute atomic E-state index is 12.3. The van der Waals surface area contributed by atoms with Gasteiger partial charge in [-0.3, -0.25) is 18.7 Å². The molecule has 0 aliphatic heterocycles. The summed E-state index contributed by atoms with van der Waals surface area (Å²) in [5.74, 6) is 0.219. The standard InChI is InChI=1S/C16H16N6O4/c1-20-14-13(15(24)21(2)16(20)25)22(10-17-14)9-12(23)19-18-7-3-5-11-6-4-8-26-11/h3-8,10H,9H2,1-2H3,(H,19,23)/b5-3+,18-7?. The predicted molar refractivity (Wildman–Crippen MR) is 94.6 cm³/mol. The molecule has 1 N–H and O–H groups in total. The topological polar surface area (TPSA) is 116 Å². The van der Waals surface area contributed by atoms with Crippen LogP contribution in [0.3, 0.4) is 0 Å². The van der Waals surface area contributed by atoms with Crippen molar-refractivity contribution in [3.05, 3.63) is 57.4 Å². The Hall–Kier alpha value is -3.69. The molecular formula is C16H16N6O4. The average molecular weight is 356 g/mol. The van der Waals surface area contributed by atoms with Gasteiger partial charge in [-0.25, -0.2) is 15.2 Å². The number of nitrogens with one attached hydrogen (secondary N) is 1. The van der Waals surface area contributed by atoms with Crippen LogP contribution in [0.2, 0.25) is 0 Å². The van der Waals surface area contributed by atoms with Gasteiger partial charge in [0.1, 0.15) is 12.3 Å². The average Bonchev–Trinajstić information content (AvgIpc) is 3.28. The Labute approximate surface area is 146 Å². The van der Waals surface area contributed by atoms with Gasteiger partial charge in [0.05, 0.1) is 12.6 Å². The van der Waals surface area contributed by atoms with Crippen molar-refractivity contribution in [3.63, 3.8) is 0 Å². The summed E-state index contributed by atoms with van der Waals surface area (Å²) in [4.78, 5) is 40.2. The Morgan fingerprint density at radius 2 is 2.15 bits per heavy atom. The van der Waals surface area contributed by atoms with Crippen LogP contribution >= 0.6 is 0 Å². The molecule has 0 radical (unpaired) electrons. The second-order valence-electron chi connectivity index (χ2n) is 5.44. The molecule has 0 spiro atoms. The van der Waals surface area contributed by atoms with Crippen LogP contribution in [0.15, 0.2) is 49.9 Å². The zero-order chi connectivity index (χ0) is 18.7. The van der Waals surface area contributed by atoms with Gasteiger partial charge < -0.3 is 8.98 Å². The van der Waals surface area contributed by atoms with E-state index in [9.17, 15) is 14.4 Å². The number of nitrogens with zero attached hydrogens (tertiary/aromatic N) is 5. The summed E-state index contributed by atoms with van der Waals surface area (Å²) in [6, 6.07) is 3.54. The molecule has 10 nitrogen and oxygen atoms in total. The summed E-state index contributed by atoms with van der Waals surface area (Å²) >= 11 is 0. The molecule has 0 aromatic carbocycles. The number of rotatable bonds is 5. The van der Waals surface area contributed by atoms with Crippen LogP contribution in [0, 0.1) is 0 Å². The highest BCUT2D eigenvalue weighted by Gasteiger charge is 2.15. The van der Waals surface area contributed by atoms with Gasteiger partial charge in [0.2, 0.25) is 0 Å². The lowest BCUT2D eigenvalue weighted by Gasteiger charge is -2.05. The minimum Gasteiger partial charge on any atom is -0.465 e. The number of furan rings is 1. The Bertz CT molecular complexity index is 1110. The van der Waals surface area contributed by atoms with Crippen molar-refractivity contribution in [1.82, 2.24) is 24.1 Å². The molecule has 0 atom stereocenters. The summed E-state index contributed by atoms with van der Waals surface area (Å²) in [7, 11) is 2.88. The van der Waals surface area contributed by atoms with Crippen LogP contribution in [-0.4, -0.2) is 30.8 Å². The Kier molecular flexibility index (Phi) is 4.65. The number of fused-ring (bicyclic) bond motifs is 1. The number of imidazole rings is 1. The summed E-state index contributed by atoms with van der Waals surface area (Å²) in [5, 5.41) is 3.78. The molecule has 3 aromatic rings. The summed E-state index contributed by atoms with van der Waals surface area (Å²) in [6.45, 7) is -0.164. The Balaban J connectivity index is 1.72. The van der Waals surface area contributed by atoms with E-state index in [1.807, 2.05) is 0 Å². The molecule has 134 valence electrons. The molecule has 0 saturated carbocycles. The van der Waals surface area contributed by atoms with Gasteiger partial charge >= 0.3 is 5.69 Å². The first-order chi connectivity index (χ1) is 12.5. The predicted octanol–water partition coefficient (Wildman–Crippen LogP) is -0.158. The summed E-state index contributed by atoms with van der Waals surface area (Å²) in [6.07, 6.45) is 7.58. The highest BCUT2D eigenvalue weighted by Crippen LogP contribution is 2.05. The number of aromatic nitrogens is 4. The maximum Gasteiger partial charge on any atom is 0.332 e. The van der Waals surface area contributed by atoms with Crippen LogP contribution in [-0.2, 0) is 25.4 Å². The monoisotopic (exact) mass is 356 g/mol. The third kappa shape index (κ3) is 3.24. The fourth-order valence-electron chi connectivity index (χ4n) is 2.38. The molecule has 10 heteroatoms. The number of amides is 1. The molecule has 0 bridgehead atoms. The van der Waals surface area contributed by atoms with Crippen molar-refractivity contribution in [2.24, 2.45) is 19.2 Å². The number of hydrogen-bond acceptors (Lipinski definition) is 6. The second kappa shape index (κ2) is 7.05. The molecule has 3 rings (SSSR count). The number of carbonyl (C=O) groups excluding carboxylic acids is 1. The molecule has 0 saturated heterocycles. The highest BCUT2D eigenvalue weighted by molar-refractivity contribution is 5.82. The molecule has 3 heterocycles. The molecule has 0 fully saturated rings. The van der Waals surface area contributed by atoms with E-state index in [0.717, 1.165) is 4.57 Å². The normalized spacial score (nSPS) is 11.8. The minimum atomic E-state index is -0.515. The quantitative estimate of drug-likeness (QED) is 0.504. The molecular weight excluding hydrogens is 340 g/mol. The number of aryl methyl sites for hydroxylation is 1. The van der Waals surface area contributed by atoms with Gasteiger partial charge in [-0.15, -0.1) is 0 Å². The van der Waals surface area contributed by atoms with Crippen molar-refractivity contribution in [2.45, 2.75) is 6.54 Å². The Morgan fingerprint density at radius 1 is 1.35 bits per heavy atom. The van der Waals surface area contributed by atoms with E-state index in [0.29, 0.717) is 5.76 Å². The fraction of sp³-hybridized carbons (Fsp3) is 0.188. The zero-order valence-corrected chi connectivity index (χ0v) is 14.1. The van der Waals surface area contributed by atoms with Gasteiger partial charge in [-0.1, -0.05) is 0 Å². The van der Waals surface area contributed by atoms with Crippen LogP contribution in [0.4, 0.5) is 0 Å². The minimum absolute atomic E-state index is 0.164. The van der Waals surface area contributed by atoms with E-state index in [2.05, 4.69) is 15.5 Å². The van der Waals surface area contributed by atoms with Gasteiger partial charge in [0, 0.05) is 20.3 Å². The van der Waals surface area contributed by atoms with Crippen molar-refractivity contribution >= 4 is 29.4 Å². The molecule has 0 aliphatic carbocycles. The van der Waals surface area contributed by atoms with E-state index >= 15 is 0 Å². The van der Waals surface area contributed by atoms with Crippen LogP contribution in [0.5, 0.6) is 0 Å². The van der Waals surface area contributed by atoms with Crippen LogP contribution < -0.4 is 16.7 Å². The van der Waals surface area contributed by atoms with Crippen molar-refractivity contribution in [1.29, 1.82) is 0 Å². The first kappa shape index (κ1) is 17.1. The first-order valence-corrected chi connectivity index (χ1v) is 7.62. The largest absolute Gasteiger partial charge is 0.465 e. The van der Waals surface area contributed by atoms with E-state index in [1.165, 1.54) is 35.8 Å². The van der Waals surface area contributed by atoms with Crippen LogP contribution in [0.1, 0.15) is 5.76 Å². The second-order valence-corrected chi connectivity index (χ2v) is 5.44. The summed E-state index contributed by atoms with van der Waals surface area (Å²) in [5.41, 5.74) is 1.74. The van der Waals surface area contributed by atoms with Gasteiger partial charge in [0.25, 0.3) is 11.5 Å². The maximum atomic E-state index is 12.3. The molecule has 0 aliphatic rings. The van der Waals surface area contributed by atoms with Gasteiger partial charge in [0.15, 0.2) is 11.2 Å². The van der Waals surface area contributed by atoms with E-state index < -0.39 is 17.2 Å². The van der Waals surface area contributed by atoms with Gasteiger partial charge in [-0.05, 0) is 24.3 Å². The molecule has 1 amide bonds. The smallest absolute Gasteiger partial charge is 0.332 e. The zero-order valence-electron chi connectivity index (χ0n) is 14.1. The highest BCUT2D eigenvalue weighted by atomic mass is 16.3. The molecule has 0 unspecified atom stereocenters. The number of allylic oxidation sites excluding steroid dienone is 1. The molecule has 3 aromatic heterocycles. The Morgan fingerprint density at radius 3 is 2.88 bits per heavy atom. The number of carbonyl (C=O) groups is 1. The third-order valence-electron chi connectivity index (χ3n) is 3.68. The lowest BCUT2D eigenvalue weighted by molar-refractivity contribution is -0.121. The van der Waals surface area contributed by atoms with E-state index in [4.69, 9.17) is 4.42 Å². The molecule has 26 heavy (non-hydrogen) atoms. The van der Waals surface area contributed by atoms with Crippen molar-refractivity contribution in [3.8, 4) is 0 Å². The lowest BCUT2D eigenvalue weighted by atomic mass is 10.4.